The lowest BCUT2D eigenvalue weighted by atomic mass is 9.98. The van der Waals surface area contributed by atoms with E-state index in [0.717, 1.165) is 33.3 Å². The van der Waals surface area contributed by atoms with Gasteiger partial charge in [-0.05, 0) is 59.7 Å². The average molecular weight is 389 g/mol. The van der Waals surface area contributed by atoms with Crippen LogP contribution >= 0.6 is 0 Å². The van der Waals surface area contributed by atoms with Crippen molar-refractivity contribution in [3.05, 3.63) is 103 Å². The van der Waals surface area contributed by atoms with Crippen molar-refractivity contribution in [2.24, 2.45) is 0 Å². The number of nitrogens with two attached hydrogens (primary N) is 1. The molecule has 5 aromatic rings. The molecule has 0 saturated carbocycles. The van der Waals surface area contributed by atoms with E-state index in [4.69, 9.17) is 11.1 Å². The van der Waals surface area contributed by atoms with Crippen molar-refractivity contribution in [3.63, 3.8) is 0 Å². The van der Waals surface area contributed by atoms with E-state index in [1.165, 1.54) is 0 Å². The van der Waals surface area contributed by atoms with Crippen molar-refractivity contribution < 1.29 is 0 Å². The quantitative estimate of drug-likeness (QED) is 0.288. The van der Waals surface area contributed by atoms with Gasteiger partial charge in [0.2, 0.25) is 0 Å². The van der Waals surface area contributed by atoms with Crippen molar-refractivity contribution in [1.29, 1.82) is 5.41 Å². The number of aromatic amines is 1. The number of nitrogens with zero attached hydrogens (tertiary/aromatic N) is 2. The van der Waals surface area contributed by atoms with Crippen LogP contribution in [0.2, 0.25) is 0 Å². The second-order valence-electron chi connectivity index (χ2n) is 7.08. The van der Waals surface area contributed by atoms with Gasteiger partial charge in [-0.2, -0.15) is 0 Å². The van der Waals surface area contributed by atoms with Crippen LogP contribution in [0.5, 0.6) is 0 Å². The lowest BCUT2D eigenvalue weighted by Crippen LogP contribution is -2.06. The van der Waals surface area contributed by atoms with E-state index in [9.17, 15) is 0 Å². The van der Waals surface area contributed by atoms with Crippen LogP contribution in [0.25, 0.3) is 33.3 Å². The van der Waals surface area contributed by atoms with Gasteiger partial charge >= 0.3 is 0 Å². The zero-order valence-electron chi connectivity index (χ0n) is 16.1. The first-order valence-corrected chi connectivity index (χ1v) is 9.63. The van der Waals surface area contributed by atoms with Crippen molar-refractivity contribution in [2.45, 2.75) is 0 Å². The molecule has 0 spiro atoms. The summed E-state index contributed by atoms with van der Waals surface area (Å²) in [6, 6.07) is 23.6. The van der Waals surface area contributed by atoms with E-state index < -0.39 is 0 Å². The molecule has 0 radical (unpaired) electrons. The van der Waals surface area contributed by atoms with Gasteiger partial charge in [0.1, 0.15) is 0 Å². The number of rotatable bonds is 4. The Morgan fingerprint density at radius 2 is 1.70 bits per heavy atom. The van der Waals surface area contributed by atoms with Crippen LogP contribution in [-0.4, -0.2) is 20.7 Å². The highest BCUT2D eigenvalue weighted by atomic mass is 14.7. The highest BCUT2D eigenvalue weighted by Gasteiger charge is 2.15. The van der Waals surface area contributed by atoms with E-state index >= 15 is 0 Å². The smallest absolute Gasteiger partial charge is 0.0868 e. The molecule has 5 heteroatoms. The molecule has 4 N–H and O–H groups in total. The fourth-order valence-corrected chi connectivity index (χ4v) is 3.68. The maximum Gasteiger partial charge on any atom is 0.0868 e. The Kier molecular flexibility index (Phi) is 4.33. The van der Waals surface area contributed by atoms with E-state index in [-0.39, 0.29) is 0 Å². The standard InChI is InChI=1S/C25H19N5/c26-21-8-7-17(16-9-12-28-13-10-16)14-20(21)25(27)24-15-19-18(4-3-6-23(19)30-24)22-5-1-2-11-29-22/h1-15,27,30H,26H2. The second kappa shape index (κ2) is 7.29. The lowest BCUT2D eigenvalue weighted by Gasteiger charge is -2.09. The minimum Gasteiger partial charge on any atom is -0.398 e. The van der Waals surface area contributed by atoms with Crippen LogP contribution in [0.3, 0.4) is 0 Å². The molecule has 3 heterocycles. The summed E-state index contributed by atoms with van der Waals surface area (Å²) >= 11 is 0. The second-order valence-corrected chi connectivity index (χ2v) is 7.08. The number of fused-ring (bicyclic) bond motifs is 1. The molecule has 5 nitrogen and oxygen atoms in total. The molecule has 0 amide bonds. The number of hydrogen-bond donors (Lipinski definition) is 3. The average Bonchev–Trinajstić information content (AvgIpc) is 3.25. The third-order valence-electron chi connectivity index (χ3n) is 5.21. The van der Waals surface area contributed by atoms with Crippen LogP contribution < -0.4 is 5.73 Å². The molecular weight excluding hydrogens is 370 g/mol. The van der Waals surface area contributed by atoms with Gasteiger partial charge in [-0.1, -0.05) is 24.3 Å². The molecule has 0 fully saturated rings. The molecule has 5 rings (SSSR count). The fourth-order valence-electron chi connectivity index (χ4n) is 3.68. The Morgan fingerprint density at radius 3 is 2.50 bits per heavy atom. The van der Waals surface area contributed by atoms with Crippen molar-refractivity contribution in [2.75, 3.05) is 5.73 Å². The monoisotopic (exact) mass is 389 g/mol. The first-order chi connectivity index (χ1) is 14.7. The molecule has 0 aliphatic rings. The number of benzene rings is 2. The van der Waals surface area contributed by atoms with Gasteiger partial charge < -0.3 is 10.7 Å². The summed E-state index contributed by atoms with van der Waals surface area (Å²) in [5.74, 6) is 0. The number of pyridine rings is 2. The van der Waals surface area contributed by atoms with Crippen LogP contribution in [0.1, 0.15) is 11.3 Å². The maximum atomic E-state index is 8.84. The predicted molar refractivity (Wildman–Crippen MR) is 122 cm³/mol. The molecular formula is C25H19N5. The van der Waals surface area contributed by atoms with E-state index in [0.29, 0.717) is 22.7 Å². The van der Waals surface area contributed by atoms with Crippen molar-refractivity contribution in [3.8, 4) is 22.4 Å². The van der Waals surface area contributed by atoms with Crippen LogP contribution in [0, 0.1) is 5.41 Å². The van der Waals surface area contributed by atoms with Crippen molar-refractivity contribution in [1.82, 2.24) is 15.0 Å². The Morgan fingerprint density at radius 1 is 0.833 bits per heavy atom. The normalized spacial score (nSPS) is 10.9. The molecule has 2 aromatic carbocycles. The molecule has 144 valence electrons. The highest BCUT2D eigenvalue weighted by molar-refractivity contribution is 6.15. The summed E-state index contributed by atoms with van der Waals surface area (Å²) in [5, 5.41) is 9.87. The minimum atomic E-state index is 0.353. The van der Waals surface area contributed by atoms with Crippen LogP contribution in [0.4, 0.5) is 5.69 Å². The number of H-pyrrole nitrogens is 1. The topological polar surface area (TPSA) is 91.4 Å². The number of hydrogen-bond acceptors (Lipinski definition) is 4. The molecule has 0 atom stereocenters. The van der Waals surface area contributed by atoms with Gasteiger partial charge in [-0.25, -0.2) is 0 Å². The molecule has 0 unspecified atom stereocenters. The van der Waals surface area contributed by atoms with Gasteiger partial charge in [0.15, 0.2) is 0 Å². The van der Waals surface area contributed by atoms with Crippen LogP contribution in [0.15, 0.2) is 91.4 Å². The summed E-state index contributed by atoms with van der Waals surface area (Å²) in [5.41, 5.74) is 13.5. The summed E-state index contributed by atoms with van der Waals surface area (Å²) < 4.78 is 0. The third-order valence-corrected chi connectivity index (χ3v) is 5.21. The van der Waals surface area contributed by atoms with E-state index in [1.54, 1.807) is 18.6 Å². The van der Waals surface area contributed by atoms with E-state index in [2.05, 4.69) is 15.0 Å². The SMILES string of the molecule is N=C(c1cc2c(-c3ccccn3)cccc2[nH]1)c1cc(-c2ccncc2)ccc1N. The Labute approximate surface area is 173 Å². The third kappa shape index (κ3) is 3.12. The first kappa shape index (κ1) is 17.8. The Balaban J connectivity index is 1.59. The molecule has 0 aliphatic heterocycles. The van der Waals surface area contributed by atoms with Gasteiger partial charge in [-0.3, -0.25) is 15.4 Å². The number of nitrogen functional groups attached to an aromatic ring is 1. The largest absolute Gasteiger partial charge is 0.398 e. The summed E-state index contributed by atoms with van der Waals surface area (Å²) in [4.78, 5) is 11.9. The first-order valence-electron chi connectivity index (χ1n) is 9.63. The molecule has 0 bridgehead atoms. The molecule has 3 aromatic heterocycles. The summed E-state index contributed by atoms with van der Waals surface area (Å²) in [6.07, 6.45) is 5.30. The van der Waals surface area contributed by atoms with Crippen molar-refractivity contribution >= 4 is 22.3 Å². The predicted octanol–water partition coefficient (Wildman–Crippen LogP) is 5.29. The number of nitrogens with one attached hydrogen (secondary N) is 2. The zero-order valence-corrected chi connectivity index (χ0v) is 16.1. The lowest BCUT2D eigenvalue weighted by molar-refractivity contribution is 1.33. The number of aromatic nitrogens is 3. The highest BCUT2D eigenvalue weighted by Crippen LogP contribution is 2.30. The Hall–Kier alpha value is -4.25. The van der Waals surface area contributed by atoms with Gasteiger partial charge in [0.05, 0.1) is 17.1 Å². The minimum absolute atomic E-state index is 0.353. The zero-order chi connectivity index (χ0) is 20.5. The Bertz CT molecular complexity index is 1350. The number of anilines is 1. The molecule has 30 heavy (non-hydrogen) atoms. The van der Waals surface area contributed by atoms with Crippen LogP contribution in [-0.2, 0) is 0 Å². The molecule has 0 aliphatic carbocycles. The summed E-state index contributed by atoms with van der Waals surface area (Å²) in [7, 11) is 0. The van der Waals surface area contributed by atoms with Gasteiger partial charge in [0.25, 0.3) is 0 Å². The van der Waals surface area contributed by atoms with Gasteiger partial charge in [-0.15, -0.1) is 0 Å². The molecule has 0 saturated heterocycles. The summed E-state index contributed by atoms with van der Waals surface area (Å²) in [6.45, 7) is 0. The fraction of sp³-hybridized carbons (Fsp3) is 0. The van der Waals surface area contributed by atoms with Gasteiger partial charge in [0, 0.05) is 46.3 Å². The maximum absolute atomic E-state index is 8.84. The van der Waals surface area contributed by atoms with E-state index in [1.807, 2.05) is 72.8 Å².